The van der Waals surface area contributed by atoms with Crippen molar-refractivity contribution < 1.29 is 82.8 Å². The van der Waals surface area contributed by atoms with Crippen LogP contribution in [0.4, 0.5) is 0 Å². The summed E-state index contributed by atoms with van der Waals surface area (Å²) in [6, 6.07) is 8.83. The molecular weight excluding hydrogens is 1350 g/mol. The second-order valence-corrected chi connectivity index (χ2v) is 26.9. The van der Waals surface area contributed by atoms with Crippen LogP contribution < -0.4 is 76.1 Å². The molecule has 3 aromatic carbocycles. The fourth-order valence-electron chi connectivity index (χ4n) is 11.6. The number of primary amides is 1. The first-order valence-electron chi connectivity index (χ1n) is 35.0. The van der Waals surface area contributed by atoms with Crippen LogP contribution in [0.1, 0.15) is 129 Å². The van der Waals surface area contributed by atoms with Crippen molar-refractivity contribution in [3.8, 4) is 5.75 Å². The predicted octanol–water partition coefficient (Wildman–Crippen LogP) is -1.91. The number of aromatic hydroxyl groups is 1. The van der Waals surface area contributed by atoms with Crippen LogP contribution in [-0.4, -0.2) is 207 Å². The molecule has 1 aliphatic heterocycles. The SMILES string of the molecule is CC[C@H](C)[C@H](NC(=O)[C@@H]1CCCN1C(=O)[C@@H](NC(=O)[C@@H](N)Cc1ccccc1)C(C)C)C(=O)N[C@@H](Cc1ccccc1)C(=O)N[C@H](C(=O)N[C@@H](Cc1ccc(O)cc1)C(=O)NCC(=O)N[C@@H](CCC(=O)O)C(=O)N[C@H](CN[C@@H](CCC(N)=O)C(=O)N[C@@H](CCCN=C(N)N)C(=O)O)CC(C)C)[C@@H](C)O. The van der Waals surface area contributed by atoms with Gasteiger partial charge >= 0.3 is 11.9 Å². The molecule has 0 aliphatic carbocycles. The van der Waals surface area contributed by atoms with Crippen molar-refractivity contribution in [2.75, 3.05) is 26.2 Å². The molecule has 1 saturated heterocycles. The lowest BCUT2D eigenvalue weighted by Gasteiger charge is -2.33. The summed E-state index contributed by atoms with van der Waals surface area (Å²) in [5.74, 6) is -13.2. The van der Waals surface area contributed by atoms with E-state index in [1.165, 1.54) is 36.1 Å². The van der Waals surface area contributed by atoms with Crippen molar-refractivity contribution in [2.24, 2.45) is 45.7 Å². The third kappa shape index (κ3) is 30.0. The number of aliphatic carboxylic acids is 2. The number of aliphatic hydroxyl groups excluding tert-OH is 1. The summed E-state index contributed by atoms with van der Waals surface area (Å²) in [4.78, 5) is 183. The number of phenols is 1. The van der Waals surface area contributed by atoms with E-state index < -0.39 is 181 Å². The molecule has 11 amide bonds. The standard InChI is InChI=1S/C71H106N16O17/c1-8-41(6)59(85-66(99)54-22-16-32-87(54)69(102)58(40(4)5)84-61(94)48(72)34-43-17-11-9-12-18-43)67(100)83-53(35-44-19-13-10-14-20-44)65(98)86-60(42(7)88)68(101)82-52(36-45-23-25-47(89)26-24-45)62(95)78-38-56(91)80-50(28-30-57(92)93)64(97)79-46(33-39(2)3)37-77-49(27-29-55(73)90)63(96)81-51(70(103)104)21-15-31-76-71(74)75/h9-14,17-20,23-26,39-42,46,48-54,58-60,77,88-89H,8,15-16,21-22,27-38,72H2,1-7H3,(H2,73,90)(H,78,95)(H,79,97)(H,80,91)(H,81,96)(H,82,101)(H,83,100)(H,84,94)(H,85,99)(H,86,98)(H,92,93)(H,103,104)(H4,74,75,76)/t41-,42+,46-,48-,49-,50-,51-,52-,53-,54-,58-,59-,60-/m0/s1. The zero-order valence-electron chi connectivity index (χ0n) is 60.1. The van der Waals surface area contributed by atoms with Gasteiger partial charge in [0.1, 0.15) is 54.1 Å². The first-order valence-corrected chi connectivity index (χ1v) is 35.0. The molecule has 572 valence electrons. The van der Waals surface area contributed by atoms with Gasteiger partial charge < -0.3 is 101 Å². The second kappa shape index (κ2) is 43.6. The van der Waals surface area contributed by atoms with E-state index in [0.29, 0.717) is 24.0 Å². The summed E-state index contributed by atoms with van der Waals surface area (Å²) in [5, 5.41) is 67.2. The summed E-state index contributed by atoms with van der Waals surface area (Å²) < 4.78 is 0. The molecule has 33 nitrogen and oxygen atoms in total. The molecule has 3 aromatic rings. The summed E-state index contributed by atoms with van der Waals surface area (Å²) in [6.45, 7) is 11.0. The largest absolute Gasteiger partial charge is 0.508 e. The number of carboxylic acids is 2. The van der Waals surface area contributed by atoms with Crippen molar-refractivity contribution >= 4 is 82.9 Å². The first-order chi connectivity index (χ1) is 49.2. The van der Waals surface area contributed by atoms with Gasteiger partial charge in [-0.3, -0.25) is 62.5 Å². The van der Waals surface area contributed by atoms with E-state index in [-0.39, 0.29) is 95.0 Å². The Morgan fingerprint density at radius 1 is 0.577 bits per heavy atom. The third-order valence-electron chi connectivity index (χ3n) is 17.5. The van der Waals surface area contributed by atoms with E-state index in [2.05, 4.69) is 58.2 Å². The molecule has 22 N–H and O–H groups in total. The van der Waals surface area contributed by atoms with Gasteiger partial charge in [0, 0.05) is 51.4 Å². The van der Waals surface area contributed by atoms with Crippen LogP contribution >= 0.6 is 0 Å². The smallest absolute Gasteiger partial charge is 0.326 e. The molecule has 0 unspecified atom stereocenters. The number of carbonyl (C=O) groups excluding carboxylic acids is 11. The average Bonchev–Trinajstić information content (AvgIpc) is 1.61. The van der Waals surface area contributed by atoms with Gasteiger partial charge in [0.05, 0.1) is 24.7 Å². The minimum Gasteiger partial charge on any atom is -0.508 e. The van der Waals surface area contributed by atoms with E-state index in [9.17, 15) is 82.8 Å². The van der Waals surface area contributed by atoms with Gasteiger partial charge in [0.15, 0.2) is 5.96 Å². The number of guanidine groups is 1. The first kappa shape index (κ1) is 86.1. The highest BCUT2D eigenvalue weighted by atomic mass is 16.4. The number of nitrogens with zero attached hydrogens (tertiary/aromatic N) is 2. The molecule has 13 atom stereocenters. The molecule has 33 heteroatoms. The zero-order chi connectivity index (χ0) is 77.3. The van der Waals surface area contributed by atoms with Crippen LogP contribution in [0.15, 0.2) is 89.9 Å². The highest BCUT2D eigenvalue weighted by molar-refractivity contribution is 5.99. The van der Waals surface area contributed by atoms with Gasteiger partial charge in [-0.25, -0.2) is 4.79 Å². The molecule has 1 fully saturated rings. The lowest BCUT2D eigenvalue weighted by Crippen LogP contribution is -2.62. The molecule has 1 aliphatic rings. The Morgan fingerprint density at radius 3 is 1.66 bits per heavy atom. The average molecular weight is 1460 g/mol. The molecule has 0 aromatic heterocycles. The topological polar surface area (TPSA) is 543 Å². The number of carbonyl (C=O) groups is 13. The van der Waals surface area contributed by atoms with Crippen LogP contribution in [-0.2, 0) is 81.6 Å². The lowest BCUT2D eigenvalue weighted by molar-refractivity contribution is -0.143. The van der Waals surface area contributed by atoms with Crippen molar-refractivity contribution in [3.63, 3.8) is 0 Å². The quantitative estimate of drug-likeness (QED) is 0.0167. The maximum atomic E-state index is 14.7. The number of hydrogen-bond donors (Lipinski definition) is 18. The molecule has 0 saturated carbocycles. The maximum absolute atomic E-state index is 14.7. The summed E-state index contributed by atoms with van der Waals surface area (Å²) in [7, 11) is 0. The van der Waals surface area contributed by atoms with Crippen molar-refractivity contribution in [2.45, 2.75) is 205 Å². The number of phenolic OH excluding ortho intramolecular Hbond substituents is 1. The van der Waals surface area contributed by atoms with Gasteiger partial charge in [0.25, 0.3) is 0 Å². The van der Waals surface area contributed by atoms with Crippen LogP contribution in [0.2, 0.25) is 0 Å². The van der Waals surface area contributed by atoms with E-state index in [0.717, 1.165) is 5.56 Å². The number of carboxylic acid groups (broad SMARTS) is 2. The second-order valence-electron chi connectivity index (χ2n) is 26.9. The van der Waals surface area contributed by atoms with Gasteiger partial charge in [-0.2, -0.15) is 0 Å². The summed E-state index contributed by atoms with van der Waals surface area (Å²) >= 11 is 0. The number of hydrogen-bond acceptors (Lipinski definition) is 18. The Kier molecular flexibility index (Phi) is 36.1. The molecule has 4 rings (SSSR count). The van der Waals surface area contributed by atoms with Crippen LogP contribution in [0.5, 0.6) is 5.75 Å². The Labute approximate surface area is 605 Å². The minimum absolute atomic E-state index is 0.0640. The molecular formula is C71H106N16O17. The van der Waals surface area contributed by atoms with Gasteiger partial charge in [0.2, 0.25) is 65.0 Å². The third-order valence-corrected chi connectivity index (χ3v) is 17.5. The highest BCUT2D eigenvalue weighted by Crippen LogP contribution is 2.23. The number of nitrogens with two attached hydrogens (primary N) is 4. The molecule has 1 heterocycles. The van der Waals surface area contributed by atoms with Gasteiger partial charge in [-0.1, -0.05) is 121 Å². The lowest BCUT2D eigenvalue weighted by atomic mass is 9.96. The van der Waals surface area contributed by atoms with Crippen molar-refractivity contribution in [3.05, 3.63) is 102 Å². The van der Waals surface area contributed by atoms with Gasteiger partial charge in [-0.05, 0) is 105 Å². The van der Waals surface area contributed by atoms with Crippen molar-refractivity contribution in [1.29, 1.82) is 0 Å². The summed E-state index contributed by atoms with van der Waals surface area (Å²) in [5.41, 5.74) is 24.1. The van der Waals surface area contributed by atoms with E-state index in [1.54, 1.807) is 58.0 Å². The van der Waals surface area contributed by atoms with E-state index in [4.69, 9.17) is 22.9 Å². The minimum atomic E-state index is -1.84. The predicted molar refractivity (Wildman–Crippen MR) is 383 cm³/mol. The van der Waals surface area contributed by atoms with E-state index >= 15 is 0 Å². The Hall–Kier alpha value is -10.3. The zero-order valence-corrected chi connectivity index (χ0v) is 60.1. The van der Waals surface area contributed by atoms with Crippen LogP contribution in [0.3, 0.4) is 0 Å². The molecule has 0 bridgehead atoms. The fourth-order valence-corrected chi connectivity index (χ4v) is 11.6. The number of aliphatic hydroxyl groups is 1. The molecule has 0 spiro atoms. The normalized spacial score (nSPS) is 16.1. The Balaban J connectivity index is 1.53. The van der Waals surface area contributed by atoms with Gasteiger partial charge in [-0.15, -0.1) is 0 Å². The fraction of sp³-hybridized carbons (Fsp3) is 0.549. The number of amides is 11. The monoisotopic (exact) mass is 1450 g/mol. The van der Waals surface area contributed by atoms with Crippen LogP contribution in [0.25, 0.3) is 0 Å². The van der Waals surface area contributed by atoms with Crippen molar-refractivity contribution in [1.82, 2.24) is 58.1 Å². The number of rotatable bonds is 45. The highest BCUT2D eigenvalue weighted by Gasteiger charge is 2.42. The van der Waals surface area contributed by atoms with E-state index in [1.807, 2.05) is 44.2 Å². The Morgan fingerprint density at radius 2 is 1.12 bits per heavy atom. The Bertz CT molecular complexity index is 3400. The number of likely N-dealkylation sites (tertiary alicyclic amines) is 1. The number of benzene rings is 3. The molecule has 0 radical (unpaired) electrons. The number of aliphatic imine (C=N–C) groups is 1. The summed E-state index contributed by atoms with van der Waals surface area (Å²) in [6.07, 6.45) is -2.14. The number of nitrogens with one attached hydrogen (secondary N) is 10. The maximum Gasteiger partial charge on any atom is 0.326 e. The van der Waals surface area contributed by atoms with Crippen LogP contribution in [0, 0.1) is 17.8 Å². The molecule has 104 heavy (non-hydrogen) atoms.